The van der Waals surface area contributed by atoms with Crippen molar-refractivity contribution in [3.63, 3.8) is 0 Å². The number of carboxylic acid groups (broad SMARTS) is 1. The van der Waals surface area contributed by atoms with Gasteiger partial charge in [0, 0.05) is 13.2 Å². The first-order chi connectivity index (χ1) is 7.65. The van der Waals surface area contributed by atoms with Crippen LogP contribution in [0, 0.1) is 11.8 Å². The van der Waals surface area contributed by atoms with Crippen molar-refractivity contribution < 1.29 is 15.0 Å². The van der Waals surface area contributed by atoms with Gasteiger partial charge in [0.1, 0.15) is 6.04 Å². The van der Waals surface area contributed by atoms with Crippen LogP contribution in [0.15, 0.2) is 0 Å². The Kier molecular flexibility index (Phi) is 5.73. The molecular formula is C11H22N2O3. The van der Waals surface area contributed by atoms with Gasteiger partial charge in [-0.05, 0) is 31.2 Å². The van der Waals surface area contributed by atoms with Gasteiger partial charge in [0.2, 0.25) is 0 Å². The molecule has 5 nitrogen and oxygen atoms in total. The Morgan fingerprint density at radius 2 is 2.00 bits per heavy atom. The molecule has 0 aromatic heterocycles. The molecule has 0 bridgehead atoms. The molecular weight excluding hydrogens is 208 g/mol. The van der Waals surface area contributed by atoms with Gasteiger partial charge in [0.05, 0.1) is 0 Å². The third-order valence-corrected chi connectivity index (χ3v) is 3.39. The second kappa shape index (κ2) is 6.83. The fraction of sp³-hybridized carbons (Fsp3) is 0.909. The minimum absolute atomic E-state index is 0.233. The molecule has 0 aliphatic heterocycles. The summed E-state index contributed by atoms with van der Waals surface area (Å²) in [5.41, 5.74) is 5.39. The minimum Gasteiger partial charge on any atom is -0.480 e. The first-order valence-electron chi connectivity index (χ1n) is 5.95. The van der Waals surface area contributed by atoms with E-state index in [9.17, 15) is 9.90 Å². The van der Waals surface area contributed by atoms with Gasteiger partial charge in [-0.25, -0.2) is 0 Å². The van der Waals surface area contributed by atoms with Crippen LogP contribution in [0.2, 0.25) is 0 Å². The summed E-state index contributed by atoms with van der Waals surface area (Å²) in [7, 11) is 0. The van der Waals surface area contributed by atoms with Crippen LogP contribution in [0.1, 0.15) is 25.7 Å². The zero-order valence-electron chi connectivity index (χ0n) is 9.56. The molecule has 1 fully saturated rings. The lowest BCUT2D eigenvalue weighted by Gasteiger charge is -2.30. The van der Waals surface area contributed by atoms with Crippen LogP contribution >= 0.6 is 0 Å². The SMILES string of the molecule is NC(CNCC1CCCCC1CO)C(=O)O. The second-order valence-corrected chi connectivity index (χ2v) is 4.59. The molecule has 0 aromatic rings. The molecule has 1 saturated carbocycles. The van der Waals surface area contributed by atoms with Crippen LogP contribution in [0.25, 0.3) is 0 Å². The van der Waals surface area contributed by atoms with Gasteiger partial charge in [0.15, 0.2) is 0 Å². The largest absolute Gasteiger partial charge is 0.480 e. The number of rotatable bonds is 6. The first-order valence-corrected chi connectivity index (χ1v) is 5.95. The normalized spacial score (nSPS) is 27.6. The number of aliphatic carboxylic acids is 1. The maximum Gasteiger partial charge on any atom is 0.321 e. The van der Waals surface area contributed by atoms with Crippen molar-refractivity contribution in [2.24, 2.45) is 17.6 Å². The maximum atomic E-state index is 10.5. The number of hydrogen-bond acceptors (Lipinski definition) is 4. The highest BCUT2D eigenvalue weighted by Crippen LogP contribution is 2.28. The number of carbonyl (C=O) groups is 1. The van der Waals surface area contributed by atoms with Crippen molar-refractivity contribution in [2.75, 3.05) is 19.7 Å². The lowest BCUT2D eigenvalue weighted by molar-refractivity contribution is -0.138. The number of hydrogen-bond donors (Lipinski definition) is 4. The summed E-state index contributed by atoms with van der Waals surface area (Å²) < 4.78 is 0. The van der Waals surface area contributed by atoms with Crippen molar-refractivity contribution >= 4 is 5.97 Å². The molecule has 0 aromatic carbocycles. The number of nitrogens with two attached hydrogens (primary N) is 1. The summed E-state index contributed by atoms with van der Waals surface area (Å²) in [6, 6.07) is -0.837. The number of nitrogens with one attached hydrogen (secondary N) is 1. The van der Waals surface area contributed by atoms with Crippen LogP contribution in [-0.2, 0) is 4.79 Å². The number of aliphatic hydroxyl groups excluding tert-OH is 1. The van der Waals surface area contributed by atoms with Crippen LogP contribution in [-0.4, -0.2) is 41.9 Å². The summed E-state index contributed by atoms with van der Waals surface area (Å²) in [4.78, 5) is 10.5. The number of carboxylic acids is 1. The average molecular weight is 230 g/mol. The molecule has 94 valence electrons. The van der Waals surface area contributed by atoms with Crippen molar-refractivity contribution in [1.82, 2.24) is 5.32 Å². The van der Waals surface area contributed by atoms with Gasteiger partial charge in [-0.2, -0.15) is 0 Å². The summed E-state index contributed by atoms with van der Waals surface area (Å²) >= 11 is 0. The smallest absolute Gasteiger partial charge is 0.321 e. The summed E-state index contributed by atoms with van der Waals surface area (Å²) in [5, 5.41) is 20.9. The molecule has 0 radical (unpaired) electrons. The third-order valence-electron chi connectivity index (χ3n) is 3.39. The third kappa shape index (κ3) is 4.08. The van der Waals surface area contributed by atoms with Gasteiger partial charge >= 0.3 is 5.97 Å². The van der Waals surface area contributed by atoms with Crippen LogP contribution in [0.5, 0.6) is 0 Å². The fourth-order valence-electron chi connectivity index (χ4n) is 2.31. The second-order valence-electron chi connectivity index (χ2n) is 4.59. The van der Waals surface area contributed by atoms with E-state index in [-0.39, 0.29) is 6.61 Å². The van der Waals surface area contributed by atoms with E-state index in [1.54, 1.807) is 0 Å². The molecule has 5 heteroatoms. The van der Waals surface area contributed by atoms with E-state index in [4.69, 9.17) is 10.8 Å². The van der Waals surface area contributed by atoms with E-state index in [1.807, 2.05) is 0 Å². The lowest BCUT2D eigenvalue weighted by Crippen LogP contribution is -2.43. The Morgan fingerprint density at radius 1 is 1.38 bits per heavy atom. The van der Waals surface area contributed by atoms with Crippen LogP contribution in [0.4, 0.5) is 0 Å². The maximum absolute atomic E-state index is 10.5. The standard InChI is InChI=1S/C11H22N2O3/c12-10(11(15)16)6-13-5-8-3-1-2-4-9(8)7-14/h8-10,13-14H,1-7,12H2,(H,15,16). The quantitative estimate of drug-likeness (QED) is 0.506. The van der Waals surface area contributed by atoms with Crippen molar-refractivity contribution in [3.05, 3.63) is 0 Å². The molecule has 0 heterocycles. The molecule has 3 unspecified atom stereocenters. The Labute approximate surface area is 96.0 Å². The van der Waals surface area contributed by atoms with E-state index in [0.717, 1.165) is 19.4 Å². The molecule has 0 spiro atoms. The highest BCUT2D eigenvalue weighted by atomic mass is 16.4. The molecule has 16 heavy (non-hydrogen) atoms. The highest BCUT2D eigenvalue weighted by molar-refractivity contribution is 5.73. The summed E-state index contributed by atoms with van der Waals surface area (Å²) in [5.74, 6) is -0.156. The zero-order valence-corrected chi connectivity index (χ0v) is 9.56. The molecule has 1 rings (SSSR count). The molecule has 1 aliphatic carbocycles. The van der Waals surface area contributed by atoms with Gasteiger partial charge in [-0.3, -0.25) is 4.79 Å². The topological polar surface area (TPSA) is 95.6 Å². The van der Waals surface area contributed by atoms with Crippen LogP contribution in [0.3, 0.4) is 0 Å². The van der Waals surface area contributed by atoms with Crippen molar-refractivity contribution in [2.45, 2.75) is 31.7 Å². The predicted octanol–water partition coefficient (Wildman–Crippen LogP) is -0.213. The Morgan fingerprint density at radius 3 is 2.56 bits per heavy atom. The minimum atomic E-state index is -0.977. The molecule has 5 N–H and O–H groups in total. The van der Waals surface area contributed by atoms with Gasteiger partial charge < -0.3 is 21.3 Å². The predicted molar refractivity (Wildman–Crippen MR) is 61.0 cm³/mol. The molecule has 1 aliphatic rings. The van der Waals surface area contributed by atoms with Crippen molar-refractivity contribution in [3.8, 4) is 0 Å². The highest BCUT2D eigenvalue weighted by Gasteiger charge is 2.24. The van der Waals surface area contributed by atoms with Crippen molar-refractivity contribution in [1.29, 1.82) is 0 Å². The monoisotopic (exact) mass is 230 g/mol. The first kappa shape index (κ1) is 13.4. The zero-order chi connectivity index (χ0) is 12.0. The van der Waals surface area contributed by atoms with Gasteiger partial charge in [-0.1, -0.05) is 12.8 Å². The summed E-state index contributed by atoms with van der Waals surface area (Å²) in [6.45, 7) is 1.29. The van der Waals surface area contributed by atoms with E-state index in [0.29, 0.717) is 18.4 Å². The van der Waals surface area contributed by atoms with E-state index in [1.165, 1.54) is 12.8 Å². The molecule has 0 saturated heterocycles. The summed E-state index contributed by atoms with van der Waals surface area (Å²) in [6.07, 6.45) is 4.58. The fourth-order valence-corrected chi connectivity index (χ4v) is 2.31. The van der Waals surface area contributed by atoms with Crippen LogP contribution < -0.4 is 11.1 Å². The van der Waals surface area contributed by atoms with Gasteiger partial charge in [0.25, 0.3) is 0 Å². The molecule has 0 amide bonds. The Hall–Kier alpha value is -0.650. The van der Waals surface area contributed by atoms with E-state index >= 15 is 0 Å². The van der Waals surface area contributed by atoms with E-state index in [2.05, 4.69) is 5.32 Å². The molecule has 3 atom stereocenters. The average Bonchev–Trinajstić information content (AvgIpc) is 2.29. The van der Waals surface area contributed by atoms with Gasteiger partial charge in [-0.15, -0.1) is 0 Å². The van der Waals surface area contributed by atoms with E-state index < -0.39 is 12.0 Å². The number of aliphatic hydroxyl groups is 1. The Bertz CT molecular complexity index is 223. The Balaban J connectivity index is 2.22. The lowest BCUT2D eigenvalue weighted by atomic mass is 9.79.